The molecule has 9 N–H and O–H groups in total. The van der Waals surface area contributed by atoms with E-state index in [1.807, 2.05) is 0 Å². The van der Waals surface area contributed by atoms with E-state index in [2.05, 4.69) is 10.3 Å². The number of sulfone groups is 1. The predicted molar refractivity (Wildman–Crippen MR) is 185 cm³/mol. The third-order valence-corrected chi connectivity index (χ3v) is 11.4. The number of thiophene rings is 1. The number of Topliss-reactive ketones (excluding diaryl/α,β-unsaturated/α-hetero) is 2. The monoisotopic (exact) mass is 814 g/mol. The number of aliphatic carboxylic acids is 1. The summed E-state index contributed by atoms with van der Waals surface area (Å²) in [6, 6.07) is 11.0. The third-order valence-electron chi connectivity index (χ3n) is 6.11. The van der Waals surface area contributed by atoms with Crippen molar-refractivity contribution >= 4 is 91.3 Å². The van der Waals surface area contributed by atoms with E-state index in [9.17, 15) is 53.9 Å². The van der Waals surface area contributed by atoms with Gasteiger partial charge < -0.3 is 27.6 Å². The number of nitrogen functional groups attached to an aromatic ring is 1. The van der Waals surface area contributed by atoms with Crippen molar-refractivity contribution in [1.82, 2.24) is 0 Å². The second-order valence-corrected chi connectivity index (χ2v) is 15.2. The van der Waals surface area contributed by atoms with Gasteiger partial charge in [-0.3, -0.25) is 24.6 Å². The first-order chi connectivity index (χ1) is 23.9. The summed E-state index contributed by atoms with van der Waals surface area (Å²) < 4.78 is 94.8. The number of carboxylic acid groups (broad SMARTS) is 1. The number of carboxylic acids is 1. The van der Waals surface area contributed by atoms with Gasteiger partial charge in [-0.1, -0.05) is 12.1 Å². The van der Waals surface area contributed by atoms with E-state index in [0.717, 1.165) is 11.3 Å². The number of amidine groups is 1. The summed E-state index contributed by atoms with van der Waals surface area (Å²) in [4.78, 5) is 47.3. The zero-order chi connectivity index (χ0) is 39.8. The third kappa shape index (κ3) is 12.0. The molecule has 23 heteroatoms. The highest BCUT2D eigenvalue weighted by molar-refractivity contribution is 8.01. The molecule has 52 heavy (non-hydrogen) atoms. The van der Waals surface area contributed by atoms with Gasteiger partial charge in [-0.25, -0.2) is 13.4 Å². The number of ketones is 2. The summed E-state index contributed by atoms with van der Waals surface area (Å²) in [6.07, 6.45) is -9.86. The maximum absolute atomic E-state index is 13.7. The summed E-state index contributed by atoms with van der Waals surface area (Å²) in [5, 5.41) is 19.3. The molecule has 0 bridgehead atoms. The van der Waals surface area contributed by atoms with E-state index in [1.165, 1.54) is 41.7 Å². The molecule has 0 aliphatic heterocycles. The second kappa shape index (κ2) is 17.7. The van der Waals surface area contributed by atoms with Crippen molar-refractivity contribution in [3.05, 3.63) is 52.9 Å². The number of amides is 1. The highest BCUT2D eigenvalue weighted by atomic mass is 32.2. The molecule has 13 nitrogen and oxygen atoms in total. The minimum atomic E-state index is -5.77. The summed E-state index contributed by atoms with van der Waals surface area (Å²) >= 11 is 3.57. The van der Waals surface area contributed by atoms with E-state index < -0.39 is 39.7 Å². The second-order valence-electron chi connectivity index (χ2n) is 10.0. The van der Waals surface area contributed by atoms with Gasteiger partial charge in [0.1, 0.15) is 5.84 Å². The van der Waals surface area contributed by atoms with Crippen LogP contribution in [-0.2, 0) is 29.0 Å². The number of alkyl halides is 6. The number of carbonyl (C=O) groups excluding carboxylic acids is 3. The molecule has 3 aromatic rings. The van der Waals surface area contributed by atoms with Gasteiger partial charge >= 0.3 is 29.9 Å². The van der Waals surface area contributed by atoms with Crippen LogP contribution in [0.15, 0.2) is 61.5 Å². The van der Waals surface area contributed by atoms with Gasteiger partial charge in [0.2, 0.25) is 15.7 Å². The number of halogens is 6. The molecule has 2 aromatic carbocycles. The smallest absolute Gasteiger partial charge is 0.458 e. The number of anilines is 1. The van der Waals surface area contributed by atoms with Crippen molar-refractivity contribution in [2.75, 3.05) is 23.1 Å². The topological polar surface area (TPSA) is 249 Å². The fraction of sp³-hybridized carbons (Fsp3) is 0.241. The predicted octanol–water partition coefficient (Wildman–Crippen LogP) is 4.86. The fourth-order valence-corrected chi connectivity index (χ4v) is 8.62. The Morgan fingerprint density at radius 3 is 2.08 bits per heavy atom. The molecule has 0 spiro atoms. The zero-order valence-electron chi connectivity index (χ0n) is 26.6. The van der Waals surface area contributed by atoms with E-state index >= 15 is 0 Å². The number of carbonyl (C=O) groups is 4. The largest absolute Gasteiger partial charge is 0.481 e. The number of hydrogen-bond acceptors (Lipinski definition) is 11. The molecule has 0 aliphatic carbocycles. The number of aryl methyl sites for hydroxylation is 1. The Morgan fingerprint density at radius 2 is 1.58 bits per heavy atom. The van der Waals surface area contributed by atoms with Gasteiger partial charge in [0.05, 0.1) is 42.4 Å². The number of rotatable bonds is 13. The standard InChI is InChI=1S/C25H28N6O5S4.C4F6O2/c1-13-8-15(30-25(28)29)10-17(31-20(32)12-38-7-6-21(33)34)22(13)14-4-3-5-16(9-14)40(35,36)19-11-18(23(26)27)39-24(19)37-2;5-3(6,7)1(11)2(12)4(8,9)10/h3-5,8-11H,6-7,12H2,1-2H3,(H3,26,27)(H,31,32)(H,33,34)(H4,28,29,30);. The SMILES string of the molecule is CSc1sc(C(=N)N)cc1S(=O)(=O)c1cccc(-c2c(C)cc(N=C(N)N)cc2NC(=O)CSCCC(=O)O)c1.O=C(C(=O)C(F)(F)F)C(F)(F)F. The summed E-state index contributed by atoms with van der Waals surface area (Å²) in [5.74, 6) is -8.24. The maximum Gasteiger partial charge on any atom is 0.458 e. The molecule has 0 saturated heterocycles. The van der Waals surface area contributed by atoms with E-state index in [4.69, 9.17) is 27.7 Å². The van der Waals surface area contributed by atoms with Gasteiger partial charge in [-0.15, -0.1) is 23.1 Å². The number of nitrogens with zero attached hydrogens (tertiary/aromatic N) is 1. The lowest BCUT2D eigenvalue weighted by atomic mass is 9.97. The van der Waals surface area contributed by atoms with Crippen LogP contribution in [0.4, 0.5) is 37.7 Å². The average Bonchev–Trinajstić information content (AvgIpc) is 3.47. The lowest BCUT2D eigenvalue weighted by Crippen LogP contribution is -2.39. The quantitative estimate of drug-likeness (QED) is 0.0338. The minimum Gasteiger partial charge on any atom is -0.481 e. The van der Waals surface area contributed by atoms with Crippen LogP contribution >= 0.6 is 34.9 Å². The number of thioether (sulfide) groups is 2. The summed E-state index contributed by atoms with van der Waals surface area (Å²) in [5.41, 5.74) is 19.2. The molecule has 1 aromatic heterocycles. The molecular formula is C29H28F6N6O7S4. The minimum absolute atomic E-state index is 0.0147. The average molecular weight is 815 g/mol. The van der Waals surface area contributed by atoms with Crippen LogP contribution in [0.2, 0.25) is 0 Å². The Morgan fingerprint density at radius 1 is 0.981 bits per heavy atom. The van der Waals surface area contributed by atoms with Crippen molar-refractivity contribution in [3.63, 3.8) is 0 Å². The molecule has 1 heterocycles. The fourth-order valence-electron chi connectivity index (χ4n) is 4.00. The molecular weight excluding hydrogens is 787 g/mol. The molecule has 0 fully saturated rings. The van der Waals surface area contributed by atoms with E-state index in [-0.39, 0.29) is 45.4 Å². The van der Waals surface area contributed by atoms with Crippen molar-refractivity contribution in [2.24, 2.45) is 22.2 Å². The summed E-state index contributed by atoms with van der Waals surface area (Å²) in [6.45, 7) is 1.78. The van der Waals surface area contributed by atoms with Crippen LogP contribution in [0.25, 0.3) is 11.1 Å². The highest BCUT2D eigenvalue weighted by Crippen LogP contribution is 2.40. The molecule has 0 atom stereocenters. The molecule has 1 amide bonds. The van der Waals surface area contributed by atoms with Crippen LogP contribution in [0, 0.1) is 12.3 Å². The normalized spacial score (nSPS) is 11.5. The van der Waals surface area contributed by atoms with Crippen LogP contribution < -0.4 is 22.5 Å². The highest BCUT2D eigenvalue weighted by Gasteiger charge is 2.54. The Hall–Kier alpha value is -4.61. The van der Waals surface area contributed by atoms with Gasteiger partial charge in [0.15, 0.2) is 5.96 Å². The number of nitrogens with one attached hydrogen (secondary N) is 2. The zero-order valence-corrected chi connectivity index (χ0v) is 29.9. The molecule has 3 rings (SSSR count). The molecule has 0 saturated carbocycles. The van der Waals surface area contributed by atoms with E-state index in [1.54, 1.807) is 37.4 Å². The lowest BCUT2D eigenvalue weighted by molar-refractivity contribution is -0.193. The number of hydrogen-bond donors (Lipinski definition) is 6. The van der Waals surface area contributed by atoms with Crippen LogP contribution in [0.1, 0.15) is 16.9 Å². The van der Waals surface area contributed by atoms with Crippen molar-refractivity contribution in [2.45, 2.75) is 39.7 Å². The van der Waals surface area contributed by atoms with Gasteiger partial charge in [-0.2, -0.15) is 38.1 Å². The maximum atomic E-state index is 13.7. The van der Waals surface area contributed by atoms with Crippen LogP contribution in [0.5, 0.6) is 0 Å². The number of guanidine groups is 1. The van der Waals surface area contributed by atoms with Gasteiger partial charge in [0, 0.05) is 11.3 Å². The van der Waals surface area contributed by atoms with Crippen molar-refractivity contribution in [3.8, 4) is 11.1 Å². The van der Waals surface area contributed by atoms with Crippen molar-refractivity contribution < 1.29 is 59.0 Å². The molecule has 0 aliphatic rings. The summed E-state index contributed by atoms with van der Waals surface area (Å²) in [7, 11) is -3.98. The van der Waals surface area contributed by atoms with Gasteiger partial charge in [0.25, 0.3) is 0 Å². The number of aliphatic imine (C=N–C) groups is 1. The molecule has 0 unspecified atom stereocenters. The van der Waals surface area contributed by atoms with Crippen LogP contribution in [0.3, 0.4) is 0 Å². The number of benzene rings is 2. The molecule has 282 valence electrons. The molecule has 0 radical (unpaired) electrons. The Balaban J connectivity index is 0.000000667. The lowest BCUT2D eigenvalue weighted by Gasteiger charge is -2.16. The first kappa shape index (κ1) is 43.6. The first-order valence-corrected chi connectivity index (χ1v) is 18.5. The Bertz CT molecular complexity index is 1990. The Labute approximate surface area is 303 Å². The number of nitrogens with two attached hydrogens (primary N) is 3. The van der Waals surface area contributed by atoms with Crippen LogP contribution in [-0.4, -0.2) is 78.9 Å². The van der Waals surface area contributed by atoms with Crippen molar-refractivity contribution in [1.29, 1.82) is 5.41 Å². The van der Waals surface area contributed by atoms with Gasteiger partial charge in [-0.05, 0) is 54.6 Å². The first-order valence-electron chi connectivity index (χ1n) is 13.8. The van der Waals surface area contributed by atoms with E-state index in [0.29, 0.717) is 37.2 Å². The Kier molecular flexibility index (Phi) is 14.9.